The summed E-state index contributed by atoms with van der Waals surface area (Å²) in [6, 6.07) is 18.1. The van der Waals surface area contributed by atoms with Crippen LogP contribution >= 0.6 is 0 Å². The Bertz CT molecular complexity index is 1490. The summed E-state index contributed by atoms with van der Waals surface area (Å²) in [6.07, 6.45) is 2.72. The fourth-order valence-corrected chi connectivity index (χ4v) is 5.04. The zero-order valence-corrected chi connectivity index (χ0v) is 21.8. The fourth-order valence-electron chi connectivity index (χ4n) is 5.04. The molecule has 0 bridgehead atoms. The lowest BCUT2D eigenvalue weighted by Gasteiger charge is -2.37. The van der Waals surface area contributed by atoms with Crippen molar-refractivity contribution in [2.75, 3.05) is 51.3 Å². The summed E-state index contributed by atoms with van der Waals surface area (Å²) in [5, 5.41) is 12.6. The van der Waals surface area contributed by atoms with Gasteiger partial charge in [0, 0.05) is 72.2 Å². The third kappa shape index (κ3) is 5.51. The van der Waals surface area contributed by atoms with Gasteiger partial charge in [0.1, 0.15) is 11.5 Å². The van der Waals surface area contributed by atoms with Gasteiger partial charge in [0.25, 0.3) is 11.6 Å². The zero-order chi connectivity index (χ0) is 27.4. The Morgan fingerprint density at radius 1 is 1.05 bits per heavy atom. The number of anilines is 1. The average molecular weight is 530 g/mol. The van der Waals surface area contributed by atoms with Crippen molar-refractivity contribution in [2.45, 2.75) is 6.42 Å². The van der Waals surface area contributed by atoms with E-state index in [1.165, 1.54) is 6.07 Å². The molecule has 10 heteroatoms. The number of rotatable bonds is 9. The molecule has 5 rings (SSSR count). The SMILES string of the molecule is COc1ccccc1-c1cc([N+](=O)[O-])ccc1N1CCN(C(=O)COc2ccc3[nH]cc(CCN)c3c2)CC1. The molecular formula is C29H31N5O5. The van der Waals surface area contributed by atoms with E-state index >= 15 is 0 Å². The van der Waals surface area contributed by atoms with Crippen LogP contribution in [0.15, 0.2) is 66.9 Å². The van der Waals surface area contributed by atoms with Gasteiger partial charge in [-0.05, 0) is 48.9 Å². The number of nitro benzene ring substituents is 1. The Kier molecular flexibility index (Phi) is 7.64. The number of para-hydroxylation sites is 1. The number of hydrogen-bond acceptors (Lipinski definition) is 7. The number of nitrogens with two attached hydrogens (primary N) is 1. The first-order chi connectivity index (χ1) is 19.0. The predicted octanol–water partition coefficient (Wildman–Crippen LogP) is 3.98. The van der Waals surface area contributed by atoms with Crippen LogP contribution in [0.3, 0.4) is 0 Å². The third-order valence-corrected chi connectivity index (χ3v) is 7.08. The fraction of sp³-hybridized carbons (Fsp3) is 0.276. The second-order valence-electron chi connectivity index (χ2n) is 9.38. The molecule has 0 saturated carbocycles. The van der Waals surface area contributed by atoms with Gasteiger partial charge in [0.05, 0.1) is 12.0 Å². The summed E-state index contributed by atoms with van der Waals surface area (Å²) in [7, 11) is 1.58. The molecule has 3 N–H and O–H groups in total. The second-order valence-corrected chi connectivity index (χ2v) is 9.38. The highest BCUT2D eigenvalue weighted by molar-refractivity contribution is 5.86. The Balaban J connectivity index is 1.26. The molecule has 0 atom stereocenters. The maximum atomic E-state index is 13.0. The van der Waals surface area contributed by atoms with Gasteiger partial charge in [0.2, 0.25) is 0 Å². The molecule has 1 fully saturated rings. The number of piperazine rings is 1. The number of aromatic nitrogens is 1. The van der Waals surface area contributed by atoms with E-state index in [1.54, 1.807) is 24.1 Å². The number of amides is 1. The summed E-state index contributed by atoms with van der Waals surface area (Å²) in [4.78, 5) is 31.2. The topological polar surface area (TPSA) is 127 Å². The molecule has 0 radical (unpaired) electrons. The van der Waals surface area contributed by atoms with Gasteiger partial charge in [-0.15, -0.1) is 0 Å². The van der Waals surface area contributed by atoms with Gasteiger partial charge in [-0.2, -0.15) is 0 Å². The highest BCUT2D eigenvalue weighted by Crippen LogP contribution is 2.39. The number of H-pyrrole nitrogens is 1. The van der Waals surface area contributed by atoms with Crippen molar-refractivity contribution in [3.05, 3.63) is 82.5 Å². The van der Waals surface area contributed by atoms with Gasteiger partial charge in [-0.25, -0.2) is 0 Å². The molecule has 39 heavy (non-hydrogen) atoms. The minimum Gasteiger partial charge on any atom is -0.496 e. The number of nitrogens with zero attached hydrogens (tertiary/aromatic N) is 3. The first-order valence-electron chi connectivity index (χ1n) is 12.9. The van der Waals surface area contributed by atoms with Crippen molar-refractivity contribution in [2.24, 2.45) is 5.73 Å². The van der Waals surface area contributed by atoms with Gasteiger partial charge in [-0.3, -0.25) is 14.9 Å². The van der Waals surface area contributed by atoms with Gasteiger partial charge >= 0.3 is 0 Å². The average Bonchev–Trinajstić information content (AvgIpc) is 3.37. The molecule has 4 aromatic rings. The van der Waals surface area contributed by atoms with E-state index in [4.69, 9.17) is 15.2 Å². The number of fused-ring (bicyclic) bond motifs is 1. The zero-order valence-electron chi connectivity index (χ0n) is 21.8. The molecule has 1 aliphatic heterocycles. The summed E-state index contributed by atoms with van der Waals surface area (Å²) in [5.74, 6) is 1.19. The maximum absolute atomic E-state index is 13.0. The molecule has 1 amide bonds. The summed E-state index contributed by atoms with van der Waals surface area (Å²) < 4.78 is 11.4. The molecule has 1 saturated heterocycles. The van der Waals surface area contributed by atoms with Crippen molar-refractivity contribution in [1.82, 2.24) is 9.88 Å². The summed E-state index contributed by atoms with van der Waals surface area (Å²) in [5.41, 5.74) is 10.2. The molecule has 0 unspecified atom stereocenters. The molecule has 3 aromatic carbocycles. The molecule has 2 heterocycles. The number of carbonyl (C=O) groups excluding carboxylic acids is 1. The normalized spacial score (nSPS) is 13.5. The number of benzene rings is 3. The largest absolute Gasteiger partial charge is 0.496 e. The molecule has 10 nitrogen and oxygen atoms in total. The Labute approximate surface area is 226 Å². The second kappa shape index (κ2) is 11.4. The van der Waals surface area contributed by atoms with Crippen LogP contribution in [0.5, 0.6) is 11.5 Å². The van der Waals surface area contributed by atoms with E-state index in [9.17, 15) is 14.9 Å². The van der Waals surface area contributed by atoms with E-state index in [1.807, 2.05) is 48.7 Å². The Hall–Kier alpha value is -4.57. The van der Waals surface area contributed by atoms with E-state index in [0.29, 0.717) is 44.2 Å². The monoisotopic (exact) mass is 529 g/mol. The number of ether oxygens (including phenoxy) is 2. The number of methoxy groups -OCH3 is 1. The van der Waals surface area contributed by atoms with Crippen LogP contribution in [0.1, 0.15) is 5.56 Å². The van der Waals surface area contributed by atoms with E-state index in [0.717, 1.165) is 39.7 Å². The van der Waals surface area contributed by atoms with Crippen molar-refractivity contribution < 1.29 is 19.2 Å². The molecule has 0 aliphatic carbocycles. The van der Waals surface area contributed by atoms with Crippen LogP contribution in [0.25, 0.3) is 22.0 Å². The molecule has 202 valence electrons. The lowest BCUT2D eigenvalue weighted by molar-refractivity contribution is -0.384. The number of nitro groups is 1. The lowest BCUT2D eigenvalue weighted by atomic mass is 10.0. The van der Waals surface area contributed by atoms with Crippen LogP contribution in [0.4, 0.5) is 11.4 Å². The molecular weight excluding hydrogens is 498 g/mol. The molecule has 0 spiro atoms. The van der Waals surface area contributed by atoms with E-state index < -0.39 is 4.92 Å². The van der Waals surface area contributed by atoms with Gasteiger partial charge < -0.3 is 30.0 Å². The van der Waals surface area contributed by atoms with Crippen molar-refractivity contribution in [3.8, 4) is 22.6 Å². The van der Waals surface area contributed by atoms with E-state index in [2.05, 4.69) is 9.88 Å². The van der Waals surface area contributed by atoms with E-state index in [-0.39, 0.29) is 18.2 Å². The first-order valence-corrected chi connectivity index (χ1v) is 12.9. The highest BCUT2D eigenvalue weighted by Gasteiger charge is 2.25. The lowest BCUT2D eigenvalue weighted by Crippen LogP contribution is -2.50. The Morgan fingerprint density at radius 2 is 1.85 bits per heavy atom. The van der Waals surface area contributed by atoms with Crippen LogP contribution in [0, 0.1) is 10.1 Å². The highest BCUT2D eigenvalue weighted by atomic mass is 16.6. The van der Waals surface area contributed by atoms with Crippen molar-refractivity contribution in [3.63, 3.8) is 0 Å². The van der Waals surface area contributed by atoms with Crippen molar-refractivity contribution >= 4 is 28.2 Å². The standard InChI is InChI=1S/C29H31N5O5/c1-38-28-5-3-2-4-23(28)25-16-21(34(36)37)6-9-27(25)32-12-14-33(15-13-32)29(35)19-39-22-7-8-26-24(17-22)20(10-11-30)18-31-26/h2-9,16-18,31H,10-15,19,30H2,1H3. The van der Waals surface area contributed by atoms with Gasteiger partial charge in [0.15, 0.2) is 6.61 Å². The van der Waals surface area contributed by atoms with Crippen LogP contribution in [0.2, 0.25) is 0 Å². The number of nitrogens with one attached hydrogen (secondary N) is 1. The molecule has 1 aromatic heterocycles. The first kappa shape index (κ1) is 26.1. The summed E-state index contributed by atoms with van der Waals surface area (Å²) in [6.45, 7) is 2.71. The maximum Gasteiger partial charge on any atom is 0.270 e. The third-order valence-electron chi connectivity index (χ3n) is 7.08. The van der Waals surface area contributed by atoms with Crippen LogP contribution in [-0.4, -0.2) is 67.2 Å². The van der Waals surface area contributed by atoms with Crippen LogP contribution < -0.4 is 20.1 Å². The van der Waals surface area contributed by atoms with Gasteiger partial charge in [-0.1, -0.05) is 18.2 Å². The predicted molar refractivity (Wildman–Crippen MR) is 150 cm³/mol. The van der Waals surface area contributed by atoms with Crippen molar-refractivity contribution in [1.29, 1.82) is 0 Å². The number of aromatic amines is 1. The molecule has 1 aliphatic rings. The van der Waals surface area contributed by atoms with Crippen LogP contribution in [-0.2, 0) is 11.2 Å². The Morgan fingerprint density at radius 3 is 2.59 bits per heavy atom. The minimum absolute atomic E-state index is 0.0126. The number of carbonyl (C=O) groups is 1. The number of non-ortho nitro benzene ring substituents is 1. The summed E-state index contributed by atoms with van der Waals surface area (Å²) >= 11 is 0. The number of hydrogen-bond donors (Lipinski definition) is 2. The minimum atomic E-state index is -0.397. The quantitative estimate of drug-likeness (QED) is 0.248. The smallest absolute Gasteiger partial charge is 0.270 e.